The zero-order chi connectivity index (χ0) is 28.4. The SMILES string of the molecule is O=C(CSc1cccc(NC(=O)c2c(Cl)c(Cl)c(Cl)c(Cl)c2C(=O)O)c1)Nc1cc(C(F)(F)F)ccc1Cl. The molecular weight excluding hydrogens is 635 g/mol. The number of hydrogen-bond acceptors (Lipinski definition) is 4. The van der Waals surface area contributed by atoms with E-state index in [0.717, 1.165) is 30.0 Å². The molecule has 0 saturated heterocycles. The lowest BCUT2D eigenvalue weighted by Gasteiger charge is -2.14. The van der Waals surface area contributed by atoms with Gasteiger partial charge in [-0.05, 0) is 36.4 Å². The molecule has 0 fully saturated rings. The number of carbonyl (C=O) groups is 3. The Morgan fingerprint density at radius 1 is 0.842 bits per heavy atom. The predicted octanol–water partition coefficient (Wildman–Crippen LogP) is 8.65. The van der Waals surface area contributed by atoms with Gasteiger partial charge in [-0.25, -0.2) is 4.79 Å². The van der Waals surface area contributed by atoms with Crippen LogP contribution in [-0.2, 0) is 11.0 Å². The lowest BCUT2D eigenvalue weighted by atomic mass is 10.1. The fourth-order valence-corrected chi connectivity index (χ4v) is 4.97. The van der Waals surface area contributed by atoms with Crippen molar-refractivity contribution in [3.8, 4) is 0 Å². The number of anilines is 2. The second-order valence-electron chi connectivity index (χ2n) is 7.32. The maximum Gasteiger partial charge on any atom is 0.416 e. The standard InChI is InChI=1S/C23H12Cl5F3N2O4S/c24-12-5-4-9(23(29,30)31)6-13(12)33-14(34)8-38-11-3-1-2-10(7-11)32-21(35)15-16(22(36)37)18(26)20(28)19(27)17(15)25/h1-7H,8H2,(H,32,35)(H,33,34)(H,36,37). The highest BCUT2D eigenvalue weighted by Gasteiger charge is 2.31. The minimum Gasteiger partial charge on any atom is -0.478 e. The highest BCUT2D eigenvalue weighted by Crippen LogP contribution is 2.42. The van der Waals surface area contributed by atoms with Crippen molar-refractivity contribution in [2.45, 2.75) is 11.1 Å². The molecule has 3 rings (SSSR count). The Bertz CT molecular complexity index is 1450. The molecule has 2 amide bonds. The zero-order valence-corrected chi connectivity index (χ0v) is 22.9. The minimum atomic E-state index is -4.61. The topological polar surface area (TPSA) is 95.5 Å². The average molecular weight is 647 g/mol. The highest BCUT2D eigenvalue weighted by molar-refractivity contribution is 8.00. The first-order valence-electron chi connectivity index (χ1n) is 10.0. The number of nitrogens with one attached hydrogen (secondary N) is 2. The molecule has 3 aromatic rings. The molecule has 3 aromatic carbocycles. The van der Waals surface area contributed by atoms with Crippen molar-refractivity contribution < 1.29 is 32.7 Å². The van der Waals surface area contributed by atoms with E-state index in [0.29, 0.717) is 4.90 Å². The fraction of sp³-hybridized carbons (Fsp3) is 0.0870. The molecule has 15 heteroatoms. The number of carboxylic acids is 1. The van der Waals surface area contributed by atoms with Crippen LogP contribution in [0, 0.1) is 0 Å². The van der Waals surface area contributed by atoms with Gasteiger partial charge in [-0.1, -0.05) is 64.1 Å². The Balaban J connectivity index is 1.74. The van der Waals surface area contributed by atoms with Gasteiger partial charge in [0, 0.05) is 10.6 Å². The fourth-order valence-electron chi connectivity index (χ4n) is 3.04. The summed E-state index contributed by atoms with van der Waals surface area (Å²) >= 11 is 30.9. The van der Waals surface area contributed by atoms with Crippen LogP contribution in [0.1, 0.15) is 26.3 Å². The molecule has 0 radical (unpaired) electrons. The summed E-state index contributed by atoms with van der Waals surface area (Å²) in [4.78, 5) is 37.4. The van der Waals surface area contributed by atoms with Crippen LogP contribution in [0.3, 0.4) is 0 Å². The summed E-state index contributed by atoms with van der Waals surface area (Å²) in [6.45, 7) is 0. The van der Waals surface area contributed by atoms with Crippen molar-refractivity contribution in [1.29, 1.82) is 0 Å². The van der Waals surface area contributed by atoms with Gasteiger partial charge >= 0.3 is 12.1 Å². The molecule has 0 aliphatic rings. The van der Waals surface area contributed by atoms with E-state index in [2.05, 4.69) is 10.6 Å². The van der Waals surface area contributed by atoms with Crippen LogP contribution in [-0.4, -0.2) is 28.6 Å². The van der Waals surface area contributed by atoms with Crippen LogP contribution in [0.4, 0.5) is 24.5 Å². The van der Waals surface area contributed by atoms with Crippen molar-refractivity contribution in [3.05, 3.63) is 84.3 Å². The largest absolute Gasteiger partial charge is 0.478 e. The van der Waals surface area contributed by atoms with Crippen molar-refractivity contribution in [1.82, 2.24) is 0 Å². The van der Waals surface area contributed by atoms with E-state index in [1.54, 1.807) is 12.1 Å². The van der Waals surface area contributed by atoms with Crippen LogP contribution in [0.25, 0.3) is 0 Å². The summed E-state index contributed by atoms with van der Waals surface area (Å²) < 4.78 is 38.8. The molecule has 0 atom stereocenters. The summed E-state index contributed by atoms with van der Waals surface area (Å²) in [6, 6.07) is 8.66. The van der Waals surface area contributed by atoms with Gasteiger partial charge in [0.05, 0.1) is 53.2 Å². The summed E-state index contributed by atoms with van der Waals surface area (Å²) in [5.41, 5.74) is -2.11. The van der Waals surface area contributed by atoms with E-state index < -0.39 is 50.7 Å². The van der Waals surface area contributed by atoms with E-state index in [1.165, 1.54) is 12.1 Å². The maximum atomic E-state index is 12.9. The van der Waals surface area contributed by atoms with Crippen molar-refractivity contribution >= 4 is 98.9 Å². The third kappa shape index (κ3) is 6.99. The minimum absolute atomic E-state index is 0.0668. The maximum absolute atomic E-state index is 12.9. The molecular formula is C23H12Cl5F3N2O4S. The lowest BCUT2D eigenvalue weighted by Crippen LogP contribution is -2.18. The van der Waals surface area contributed by atoms with Gasteiger partial charge in [0.2, 0.25) is 5.91 Å². The molecule has 200 valence electrons. The van der Waals surface area contributed by atoms with E-state index in [-0.39, 0.29) is 32.2 Å². The molecule has 0 aromatic heterocycles. The van der Waals surface area contributed by atoms with E-state index in [4.69, 9.17) is 58.0 Å². The molecule has 0 spiro atoms. The Morgan fingerprint density at radius 2 is 1.47 bits per heavy atom. The summed E-state index contributed by atoms with van der Waals surface area (Å²) in [7, 11) is 0. The van der Waals surface area contributed by atoms with Crippen LogP contribution >= 0.6 is 69.8 Å². The number of rotatable bonds is 7. The third-order valence-corrected chi connectivity index (χ3v) is 7.86. The first kappa shape index (κ1) is 30.2. The van der Waals surface area contributed by atoms with Gasteiger partial charge in [-0.15, -0.1) is 11.8 Å². The van der Waals surface area contributed by atoms with E-state index in [1.807, 2.05) is 0 Å². The number of thioether (sulfide) groups is 1. The number of amides is 2. The summed E-state index contributed by atoms with van der Waals surface area (Å²) in [6.07, 6.45) is -4.61. The molecule has 0 saturated carbocycles. The Hall–Kier alpha value is -2.34. The number of alkyl halides is 3. The highest BCUT2D eigenvalue weighted by atomic mass is 35.5. The number of hydrogen-bond donors (Lipinski definition) is 3. The molecule has 3 N–H and O–H groups in total. The first-order chi connectivity index (χ1) is 17.7. The molecule has 0 aliphatic heterocycles. The Kier molecular flexibility index (Phi) is 9.72. The van der Waals surface area contributed by atoms with Crippen LogP contribution in [0.2, 0.25) is 25.1 Å². The molecule has 6 nitrogen and oxygen atoms in total. The van der Waals surface area contributed by atoms with Gasteiger partial charge in [0.25, 0.3) is 5.91 Å². The van der Waals surface area contributed by atoms with E-state index >= 15 is 0 Å². The van der Waals surface area contributed by atoms with Gasteiger partial charge in [-0.3, -0.25) is 9.59 Å². The molecule has 38 heavy (non-hydrogen) atoms. The lowest BCUT2D eigenvalue weighted by molar-refractivity contribution is -0.137. The van der Waals surface area contributed by atoms with Gasteiger partial charge in [0.15, 0.2) is 0 Å². The Labute approximate surface area is 242 Å². The molecule has 0 bridgehead atoms. The second-order valence-corrected chi connectivity index (χ2v) is 10.3. The summed E-state index contributed by atoms with van der Waals surface area (Å²) in [5.74, 6) is -3.33. The smallest absolute Gasteiger partial charge is 0.416 e. The quantitative estimate of drug-likeness (QED) is 0.136. The van der Waals surface area contributed by atoms with Crippen molar-refractivity contribution in [2.75, 3.05) is 16.4 Å². The second kappa shape index (κ2) is 12.2. The summed E-state index contributed by atoms with van der Waals surface area (Å²) in [5, 5.41) is 12.8. The van der Waals surface area contributed by atoms with Gasteiger partial charge in [0.1, 0.15) is 0 Å². The Morgan fingerprint density at radius 3 is 2.08 bits per heavy atom. The molecule has 0 heterocycles. The van der Waals surface area contributed by atoms with E-state index in [9.17, 15) is 32.7 Å². The van der Waals surface area contributed by atoms with Gasteiger partial charge < -0.3 is 15.7 Å². The van der Waals surface area contributed by atoms with Gasteiger partial charge in [-0.2, -0.15) is 13.2 Å². The monoisotopic (exact) mass is 644 g/mol. The van der Waals surface area contributed by atoms with Crippen molar-refractivity contribution in [3.63, 3.8) is 0 Å². The normalized spacial score (nSPS) is 11.3. The third-order valence-electron chi connectivity index (χ3n) is 4.74. The predicted molar refractivity (Wildman–Crippen MR) is 144 cm³/mol. The number of carbonyl (C=O) groups excluding carboxylic acids is 2. The average Bonchev–Trinajstić information content (AvgIpc) is 2.84. The number of halogens is 8. The molecule has 0 aliphatic carbocycles. The van der Waals surface area contributed by atoms with Crippen LogP contribution in [0.15, 0.2) is 47.4 Å². The first-order valence-corrected chi connectivity index (χ1v) is 12.9. The zero-order valence-electron chi connectivity index (χ0n) is 18.4. The van der Waals surface area contributed by atoms with Crippen LogP contribution in [0.5, 0.6) is 0 Å². The number of aromatic carboxylic acids is 1. The number of carboxylic acid groups (broad SMARTS) is 1. The van der Waals surface area contributed by atoms with Crippen molar-refractivity contribution in [2.24, 2.45) is 0 Å². The van der Waals surface area contributed by atoms with Crippen LogP contribution < -0.4 is 10.6 Å². The molecule has 0 unspecified atom stereocenters. The number of benzene rings is 3.